The Labute approximate surface area is 141 Å². The Kier molecular flexibility index (Phi) is 6.25. The molecule has 0 atom stereocenters. The lowest BCUT2D eigenvalue weighted by Crippen LogP contribution is -2.18. The van der Waals surface area contributed by atoms with Gasteiger partial charge in [-0.2, -0.15) is 5.10 Å². The Morgan fingerprint density at radius 1 is 1.05 bits per heavy atom. The van der Waals surface area contributed by atoms with Gasteiger partial charge >= 0.3 is 0 Å². The zero-order chi connectivity index (χ0) is 15.9. The fourth-order valence-electron chi connectivity index (χ4n) is 1.92. The lowest BCUT2D eigenvalue weighted by molar-refractivity contribution is 0.422. The molecule has 2 aromatic carbocycles. The van der Waals surface area contributed by atoms with Crippen LogP contribution in [0.25, 0.3) is 0 Å². The van der Waals surface area contributed by atoms with Gasteiger partial charge in [0.2, 0.25) is 0 Å². The number of anilines is 1. The topological polar surface area (TPSA) is 27.6 Å². The molecule has 0 saturated heterocycles. The van der Waals surface area contributed by atoms with Gasteiger partial charge in [0.25, 0.3) is 0 Å². The third kappa shape index (κ3) is 5.02. The second kappa shape index (κ2) is 8.18. The second-order valence-corrected chi connectivity index (χ2v) is 6.03. The van der Waals surface area contributed by atoms with Crippen molar-refractivity contribution in [3.05, 3.63) is 64.1 Å². The van der Waals surface area contributed by atoms with E-state index in [1.54, 1.807) is 12.1 Å². The first-order valence-corrected chi connectivity index (χ1v) is 7.79. The summed E-state index contributed by atoms with van der Waals surface area (Å²) in [7, 11) is 4.10. The average molecular weight is 336 g/mol. The lowest BCUT2D eigenvalue weighted by Gasteiger charge is -2.12. The van der Waals surface area contributed by atoms with E-state index in [0.717, 1.165) is 29.9 Å². The van der Waals surface area contributed by atoms with Crippen LogP contribution in [-0.4, -0.2) is 31.3 Å². The lowest BCUT2D eigenvalue weighted by atomic mass is 10.1. The van der Waals surface area contributed by atoms with Crippen LogP contribution in [-0.2, 0) is 0 Å². The van der Waals surface area contributed by atoms with E-state index >= 15 is 0 Å². The van der Waals surface area contributed by atoms with Gasteiger partial charge in [-0.25, -0.2) is 0 Å². The van der Waals surface area contributed by atoms with Crippen LogP contribution in [0.1, 0.15) is 12.0 Å². The van der Waals surface area contributed by atoms with Crippen molar-refractivity contribution in [3.8, 4) is 0 Å². The molecule has 0 amide bonds. The molecule has 0 heterocycles. The summed E-state index contributed by atoms with van der Waals surface area (Å²) in [5, 5.41) is 5.59. The molecule has 0 spiro atoms. The molecule has 0 aliphatic heterocycles. The van der Waals surface area contributed by atoms with Gasteiger partial charge in [0.05, 0.1) is 21.4 Å². The van der Waals surface area contributed by atoms with Crippen LogP contribution in [0, 0.1) is 0 Å². The Morgan fingerprint density at radius 3 is 2.41 bits per heavy atom. The van der Waals surface area contributed by atoms with Crippen LogP contribution in [0.5, 0.6) is 0 Å². The van der Waals surface area contributed by atoms with E-state index in [0.29, 0.717) is 10.0 Å². The van der Waals surface area contributed by atoms with Crippen LogP contribution in [0.2, 0.25) is 10.0 Å². The van der Waals surface area contributed by atoms with Crippen molar-refractivity contribution in [1.82, 2.24) is 4.90 Å². The molecule has 0 saturated carbocycles. The number of nitrogens with zero attached hydrogens (tertiary/aromatic N) is 2. The molecule has 5 heteroatoms. The summed E-state index contributed by atoms with van der Waals surface area (Å²) in [4.78, 5) is 2.14. The van der Waals surface area contributed by atoms with Crippen LogP contribution in [0.4, 0.5) is 5.69 Å². The van der Waals surface area contributed by atoms with Gasteiger partial charge in [0.15, 0.2) is 0 Å². The molecule has 0 aromatic heterocycles. The summed E-state index contributed by atoms with van der Waals surface area (Å²) >= 11 is 11.9. The standard InChI is InChI=1S/C17H19Cl2N3/c1-22(2)11-10-17(13-6-4-3-5-7-13)21-20-14-8-9-15(18)16(19)12-14/h3-9,12,20H,10-11H2,1-2H3/b21-17+. The normalized spacial score (nSPS) is 11.8. The summed E-state index contributed by atoms with van der Waals surface area (Å²) in [6.45, 7) is 0.927. The number of benzene rings is 2. The van der Waals surface area contributed by atoms with E-state index in [1.165, 1.54) is 0 Å². The third-order valence-electron chi connectivity index (χ3n) is 3.14. The average Bonchev–Trinajstić information content (AvgIpc) is 2.51. The van der Waals surface area contributed by atoms with E-state index in [-0.39, 0.29) is 0 Å². The van der Waals surface area contributed by atoms with Gasteiger partial charge in [-0.15, -0.1) is 0 Å². The van der Waals surface area contributed by atoms with Gasteiger partial charge in [-0.05, 0) is 37.9 Å². The van der Waals surface area contributed by atoms with Gasteiger partial charge in [0.1, 0.15) is 0 Å². The summed E-state index contributed by atoms with van der Waals surface area (Å²) in [6, 6.07) is 15.5. The molecule has 0 bridgehead atoms. The summed E-state index contributed by atoms with van der Waals surface area (Å²) in [5.74, 6) is 0. The van der Waals surface area contributed by atoms with Crippen molar-refractivity contribution in [2.24, 2.45) is 5.10 Å². The highest BCUT2D eigenvalue weighted by molar-refractivity contribution is 6.42. The SMILES string of the molecule is CN(C)CC/C(=N\Nc1ccc(Cl)c(Cl)c1)c1ccccc1. The maximum Gasteiger partial charge on any atom is 0.0692 e. The summed E-state index contributed by atoms with van der Waals surface area (Å²) in [5.41, 5.74) is 5.98. The van der Waals surface area contributed by atoms with Crippen LogP contribution in [0.15, 0.2) is 53.6 Å². The molecule has 116 valence electrons. The fourth-order valence-corrected chi connectivity index (χ4v) is 2.22. The largest absolute Gasteiger partial charge is 0.309 e. The van der Waals surface area contributed by atoms with Crippen molar-refractivity contribution < 1.29 is 0 Å². The van der Waals surface area contributed by atoms with Gasteiger partial charge in [-0.1, -0.05) is 53.5 Å². The Morgan fingerprint density at radius 2 is 1.77 bits per heavy atom. The molecule has 0 radical (unpaired) electrons. The number of nitrogens with one attached hydrogen (secondary N) is 1. The highest BCUT2D eigenvalue weighted by Crippen LogP contribution is 2.25. The van der Waals surface area contributed by atoms with Gasteiger partial charge < -0.3 is 4.90 Å². The molecule has 22 heavy (non-hydrogen) atoms. The molecule has 2 aromatic rings. The molecular weight excluding hydrogens is 317 g/mol. The van der Waals surface area contributed by atoms with Crippen LogP contribution >= 0.6 is 23.2 Å². The zero-order valence-corrected chi connectivity index (χ0v) is 14.2. The van der Waals surface area contributed by atoms with Crippen molar-refractivity contribution in [1.29, 1.82) is 0 Å². The number of hydrogen-bond acceptors (Lipinski definition) is 3. The first-order chi connectivity index (χ1) is 10.6. The second-order valence-electron chi connectivity index (χ2n) is 5.22. The van der Waals surface area contributed by atoms with Crippen molar-refractivity contribution >= 4 is 34.6 Å². The van der Waals surface area contributed by atoms with Crippen LogP contribution in [0.3, 0.4) is 0 Å². The molecule has 1 N–H and O–H groups in total. The Balaban J connectivity index is 2.18. The first-order valence-electron chi connectivity index (χ1n) is 7.04. The zero-order valence-electron chi connectivity index (χ0n) is 12.7. The predicted molar refractivity (Wildman–Crippen MR) is 96.2 cm³/mol. The number of halogens is 2. The maximum absolute atomic E-state index is 6.02. The van der Waals surface area contributed by atoms with Gasteiger partial charge in [-0.3, -0.25) is 5.43 Å². The monoisotopic (exact) mass is 335 g/mol. The minimum absolute atomic E-state index is 0.511. The molecule has 0 unspecified atom stereocenters. The Hall–Kier alpha value is -1.55. The minimum Gasteiger partial charge on any atom is -0.309 e. The minimum atomic E-state index is 0.511. The number of rotatable bonds is 6. The quantitative estimate of drug-likeness (QED) is 0.608. The summed E-state index contributed by atoms with van der Waals surface area (Å²) in [6.07, 6.45) is 0.853. The van der Waals surface area contributed by atoms with E-state index < -0.39 is 0 Å². The van der Waals surface area contributed by atoms with Crippen LogP contribution < -0.4 is 5.43 Å². The smallest absolute Gasteiger partial charge is 0.0692 e. The molecule has 2 rings (SSSR count). The van der Waals surface area contributed by atoms with E-state index in [9.17, 15) is 0 Å². The van der Waals surface area contributed by atoms with Gasteiger partial charge in [0, 0.05) is 13.0 Å². The fraction of sp³-hybridized carbons (Fsp3) is 0.235. The Bertz CT molecular complexity index is 640. The highest BCUT2D eigenvalue weighted by atomic mass is 35.5. The molecular formula is C17H19Cl2N3. The van der Waals surface area contributed by atoms with E-state index in [2.05, 4.69) is 41.7 Å². The molecule has 0 aliphatic carbocycles. The maximum atomic E-state index is 6.02. The highest BCUT2D eigenvalue weighted by Gasteiger charge is 2.05. The van der Waals surface area contributed by atoms with E-state index in [1.807, 2.05) is 24.3 Å². The van der Waals surface area contributed by atoms with Crippen molar-refractivity contribution in [2.45, 2.75) is 6.42 Å². The van der Waals surface area contributed by atoms with E-state index in [4.69, 9.17) is 23.2 Å². The number of hydrogen-bond donors (Lipinski definition) is 1. The predicted octanol–water partition coefficient (Wildman–Crippen LogP) is 4.76. The summed E-state index contributed by atoms with van der Waals surface area (Å²) < 4.78 is 0. The van der Waals surface area contributed by atoms with Crippen molar-refractivity contribution in [2.75, 3.05) is 26.1 Å². The third-order valence-corrected chi connectivity index (χ3v) is 3.88. The molecule has 3 nitrogen and oxygen atoms in total. The first kappa shape index (κ1) is 16.8. The van der Waals surface area contributed by atoms with Crippen molar-refractivity contribution in [3.63, 3.8) is 0 Å². The molecule has 0 fully saturated rings. The number of hydrazone groups is 1. The molecule has 0 aliphatic rings.